The molecule has 1 aromatic heterocycles. The van der Waals surface area contributed by atoms with Gasteiger partial charge in [-0.1, -0.05) is 36.3 Å². The molecule has 0 atom stereocenters. The van der Waals surface area contributed by atoms with Crippen LogP contribution in [0.25, 0.3) is 11.3 Å². The molecule has 12 heavy (non-hydrogen) atoms. The van der Waals surface area contributed by atoms with Gasteiger partial charge in [0.05, 0.1) is 12.5 Å². The highest BCUT2D eigenvalue weighted by atomic mass is 14.7. The van der Waals surface area contributed by atoms with Gasteiger partial charge in [0, 0.05) is 11.8 Å². The van der Waals surface area contributed by atoms with E-state index in [9.17, 15) is 0 Å². The molecular weight excluding hydrogens is 146 g/mol. The minimum atomic E-state index is -0.389. The highest BCUT2D eigenvalue weighted by Gasteiger charge is 1.93. The molecule has 0 aliphatic heterocycles. The monoisotopic (exact) mass is 160 g/mol. The van der Waals surface area contributed by atoms with Crippen molar-refractivity contribution in [3.8, 4) is 11.3 Å². The van der Waals surface area contributed by atoms with Crippen molar-refractivity contribution < 1.29 is 6.85 Å². The molecule has 0 unspecified atom stereocenters. The van der Waals surface area contributed by atoms with E-state index < -0.39 is 0 Å². The molecule has 0 aliphatic carbocycles. The maximum absolute atomic E-state index is 7.76. The molecule has 1 heterocycles. The van der Waals surface area contributed by atoms with Crippen molar-refractivity contribution >= 4 is 0 Å². The maximum Gasteiger partial charge on any atom is 0.0701 e. The highest BCUT2D eigenvalue weighted by molar-refractivity contribution is 5.58. The Morgan fingerprint density at radius 3 is 2.58 bits per heavy atom. The van der Waals surface area contributed by atoms with Gasteiger partial charge in [0.1, 0.15) is 0 Å². The number of pyridine rings is 1. The zero-order valence-electron chi connectivity index (χ0n) is 11.3. The molecule has 0 saturated carbocycles. The second kappa shape index (κ2) is 3.18. The fourth-order valence-electron chi connectivity index (χ4n) is 0.889. The van der Waals surface area contributed by atoms with Crippen molar-refractivity contribution in [3.63, 3.8) is 0 Å². The molecule has 0 saturated heterocycles. The number of hydrogen-bond donors (Lipinski definition) is 0. The summed E-state index contributed by atoms with van der Waals surface area (Å²) >= 11 is 0. The third-order valence-electron chi connectivity index (χ3n) is 1.42. The summed E-state index contributed by atoms with van der Waals surface area (Å²) in [5.41, 5.74) is 0.515. The zero-order valence-corrected chi connectivity index (χ0v) is 6.26. The van der Waals surface area contributed by atoms with Gasteiger partial charge in [-0.3, -0.25) is 4.98 Å². The molecule has 0 bridgehead atoms. The standard InChI is InChI=1S/C11H9N/c1-2-6-10(7-3-1)11-8-4-5-9-12-11/h1-9H/i1D,2D,3D,6D,7D. The lowest BCUT2D eigenvalue weighted by atomic mass is 10.1. The van der Waals surface area contributed by atoms with Crippen LogP contribution in [-0.4, -0.2) is 4.98 Å². The molecule has 58 valence electrons. The highest BCUT2D eigenvalue weighted by Crippen LogP contribution is 2.14. The van der Waals surface area contributed by atoms with E-state index in [1.54, 1.807) is 18.2 Å². The van der Waals surface area contributed by atoms with Gasteiger partial charge in [-0.05, 0) is 12.1 Å². The Morgan fingerprint density at radius 1 is 1.08 bits per heavy atom. The van der Waals surface area contributed by atoms with E-state index in [0.29, 0.717) is 5.69 Å². The van der Waals surface area contributed by atoms with Gasteiger partial charge < -0.3 is 0 Å². The first-order valence-electron chi connectivity index (χ1n) is 6.02. The van der Waals surface area contributed by atoms with Gasteiger partial charge >= 0.3 is 0 Å². The summed E-state index contributed by atoms with van der Waals surface area (Å²) in [7, 11) is 0. The van der Waals surface area contributed by atoms with Crippen LogP contribution in [0.3, 0.4) is 0 Å². The van der Waals surface area contributed by atoms with Crippen LogP contribution in [0.4, 0.5) is 0 Å². The molecule has 0 fully saturated rings. The summed E-state index contributed by atoms with van der Waals surface area (Å²) in [6.45, 7) is 0. The predicted molar refractivity (Wildman–Crippen MR) is 49.7 cm³/mol. The van der Waals surface area contributed by atoms with E-state index in [1.165, 1.54) is 6.20 Å². The molecule has 1 nitrogen and oxygen atoms in total. The van der Waals surface area contributed by atoms with Crippen molar-refractivity contribution in [2.24, 2.45) is 0 Å². The number of benzene rings is 1. The minimum absolute atomic E-state index is 0.136. The van der Waals surface area contributed by atoms with Crippen LogP contribution in [0.2, 0.25) is 0 Å². The Kier molecular flexibility index (Phi) is 0.900. The molecule has 0 aliphatic rings. The number of hydrogen-bond acceptors (Lipinski definition) is 1. The molecule has 0 spiro atoms. The van der Waals surface area contributed by atoms with Crippen molar-refractivity contribution in [2.75, 3.05) is 0 Å². The maximum atomic E-state index is 7.76. The van der Waals surface area contributed by atoms with Crippen LogP contribution in [0.5, 0.6) is 0 Å². The van der Waals surface area contributed by atoms with Crippen molar-refractivity contribution in [2.45, 2.75) is 0 Å². The molecule has 2 aromatic rings. The van der Waals surface area contributed by atoms with E-state index in [4.69, 9.17) is 6.85 Å². The number of rotatable bonds is 1. The summed E-state index contributed by atoms with van der Waals surface area (Å²) in [6.07, 6.45) is 1.52. The third-order valence-corrected chi connectivity index (χ3v) is 1.42. The SMILES string of the molecule is [2H]c1c([2H])c([2H])c(-c2ccccn2)c([2H])c1[2H]. The smallest absolute Gasteiger partial charge is 0.0701 e. The number of nitrogens with zero attached hydrogens (tertiary/aromatic N) is 1. The molecule has 1 aromatic carbocycles. The fourth-order valence-corrected chi connectivity index (χ4v) is 0.889. The largest absolute Gasteiger partial charge is 0.256 e. The minimum Gasteiger partial charge on any atom is -0.256 e. The Bertz CT molecular complexity index is 539. The van der Waals surface area contributed by atoms with E-state index in [0.717, 1.165) is 0 Å². The van der Waals surface area contributed by atoms with Crippen LogP contribution in [0.1, 0.15) is 6.85 Å². The van der Waals surface area contributed by atoms with Crippen LogP contribution >= 0.6 is 0 Å². The van der Waals surface area contributed by atoms with Gasteiger partial charge in [-0.2, -0.15) is 0 Å². The lowest BCUT2D eigenvalue weighted by molar-refractivity contribution is 1.33. The van der Waals surface area contributed by atoms with E-state index in [-0.39, 0.29) is 35.8 Å². The van der Waals surface area contributed by atoms with Gasteiger partial charge in [-0.15, -0.1) is 0 Å². The molecule has 0 amide bonds. The Morgan fingerprint density at radius 2 is 1.92 bits per heavy atom. The quantitative estimate of drug-likeness (QED) is 0.625. The lowest BCUT2D eigenvalue weighted by Crippen LogP contribution is -1.79. The second-order valence-corrected chi connectivity index (χ2v) is 2.21. The van der Waals surface area contributed by atoms with Crippen molar-refractivity contribution in [1.82, 2.24) is 4.98 Å². The van der Waals surface area contributed by atoms with Crippen molar-refractivity contribution in [1.29, 1.82) is 0 Å². The predicted octanol–water partition coefficient (Wildman–Crippen LogP) is 2.75. The van der Waals surface area contributed by atoms with Crippen LogP contribution in [0.15, 0.2) is 54.6 Å². The third kappa shape index (κ3) is 1.35. The van der Waals surface area contributed by atoms with Crippen LogP contribution in [-0.2, 0) is 0 Å². The van der Waals surface area contributed by atoms with Gasteiger partial charge in [0.2, 0.25) is 0 Å². The number of aromatic nitrogens is 1. The average Bonchev–Trinajstić information content (AvgIpc) is 2.36. The molecule has 0 N–H and O–H groups in total. The summed E-state index contributed by atoms with van der Waals surface area (Å²) in [5.74, 6) is 0. The van der Waals surface area contributed by atoms with E-state index in [2.05, 4.69) is 4.98 Å². The van der Waals surface area contributed by atoms with Gasteiger partial charge in [0.15, 0.2) is 0 Å². The zero-order chi connectivity index (χ0) is 12.6. The average molecular weight is 160 g/mol. The van der Waals surface area contributed by atoms with Crippen LogP contribution < -0.4 is 0 Å². The van der Waals surface area contributed by atoms with Gasteiger partial charge in [-0.25, -0.2) is 0 Å². The van der Waals surface area contributed by atoms with Gasteiger partial charge in [0.25, 0.3) is 0 Å². The Hall–Kier alpha value is -1.63. The van der Waals surface area contributed by atoms with E-state index >= 15 is 0 Å². The van der Waals surface area contributed by atoms with Crippen LogP contribution in [0, 0.1) is 0 Å². The molecular formula is C11H9N. The Balaban J connectivity index is 2.80. The Labute approximate surface area is 78.7 Å². The molecule has 1 heteroatoms. The first-order chi connectivity index (χ1) is 8.04. The molecule has 2 rings (SSSR count). The lowest BCUT2D eigenvalue weighted by Gasteiger charge is -1.97. The first kappa shape index (κ1) is 3.40. The summed E-state index contributed by atoms with van der Waals surface area (Å²) in [6, 6.07) is 3.51. The van der Waals surface area contributed by atoms with Crippen molar-refractivity contribution in [3.05, 3.63) is 54.6 Å². The second-order valence-electron chi connectivity index (χ2n) is 2.21. The fraction of sp³-hybridized carbons (Fsp3) is 0. The topological polar surface area (TPSA) is 12.9 Å². The summed E-state index contributed by atoms with van der Waals surface area (Å²) < 4.78 is 38.1. The summed E-state index contributed by atoms with van der Waals surface area (Å²) in [5, 5.41) is 0. The first-order valence-corrected chi connectivity index (χ1v) is 3.52. The normalized spacial score (nSPS) is 15.5. The van der Waals surface area contributed by atoms with E-state index in [1.807, 2.05) is 0 Å². The summed E-state index contributed by atoms with van der Waals surface area (Å²) in [4.78, 5) is 4.01. The molecule has 0 radical (unpaired) electrons.